The Morgan fingerprint density at radius 2 is 0.959 bits per heavy atom. The molecule has 0 aromatic heterocycles. The van der Waals surface area contributed by atoms with Crippen LogP contribution in [0.1, 0.15) is 39.5 Å². The van der Waals surface area contributed by atoms with E-state index < -0.39 is 12.2 Å². The molecule has 6 nitrogen and oxygen atoms in total. The maximum atomic E-state index is 11.5. The minimum Gasteiger partial charge on any atom is -0.489 e. The summed E-state index contributed by atoms with van der Waals surface area (Å²) in [6.45, 7) is 1.54. The number of benzene rings is 6. The van der Waals surface area contributed by atoms with Crippen LogP contribution in [-0.4, -0.2) is 11.2 Å². The van der Waals surface area contributed by atoms with E-state index in [4.69, 9.17) is 23.7 Å². The molecule has 0 spiro atoms. The van der Waals surface area contributed by atoms with E-state index in [0.717, 1.165) is 33.4 Å². The third-order valence-corrected chi connectivity index (χ3v) is 8.41. The Morgan fingerprint density at radius 1 is 0.490 bits per heavy atom. The SMILES string of the molecule is O[C@H]1[13CH2]c2c(OCc3ccccc3)cc(OCc3ccccc3)cc2O[C@@H]1c1ccc(OCc2ccccc2)c(OCc2ccccc2)c1. The summed E-state index contributed by atoms with van der Waals surface area (Å²) in [6, 6.07) is 49.5. The third-order valence-electron chi connectivity index (χ3n) is 8.41. The van der Waals surface area contributed by atoms with Gasteiger partial charge in [0.2, 0.25) is 0 Å². The molecule has 6 heteroatoms. The standard InChI is InChI=1S/C43H38O6/c44-38-26-37-40(47-29-33-17-9-3-10-18-33)24-36(45-27-31-13-5-1-6-14-31)25-41(37)49-43(38)35-21-22-39(46-28-32-15-7-2-8-16-32)42(23-35)48-30-34-19-11-4-12-20-34/h1-25,38,43-44H,26-30H2/t38-,43+/m0/s1/i26+1. The summed E-state index contributed by atoms with van der Waals surface area (Å²) in [4.78, 5) is 0. The second-order valence-corrected chi connectivity index (χ2v) is 12.0. The minimum atomic E-state index is -0.833. The van der Waals surface area contributed by atoms with Crippen LogP contribution < -0.4 is 23.7 Å². The van der Waals surface area contributed by atoms with Gasteiger partial charge in [0.25, 0.3) is 0 Å². The maximum absolute atomic E-state index is 11.5. The van der Waals surface area contributed by atoms with Gasteiger partial charge in [-0.15, -0.1) is 0 Å². The van der Waals surface area contributed by atoms with Crippen molar-refractivity contribution in [2.24, 2.45) is 0 Å². The fourth-order valence-electron chi connectivity index (χ4n) is 5.82. The molecule has 0 saturated heterocycles. The minimum absolute atomic E-state index is 0.343. The smallest absolute Gasteiger partial charge is 0.162 e. The largest absolute Gasteiger partial charge is 0.489 e. The van der Waals surface area contributed by atoms with Gasteiger partial charge in [0.1, 0.15) is 49.8 Å². The van der Waals surface area contributed by atoms with E-state index in [-0.39, 0.29) is 0 Å². The molecule has 246 valence electrons. The fourth-order valence-corrected chi connectivity index (χ4v) is 5.82. The summed E-state index contributed by atoms with van der Waals surface area (Å²) in [5, 5.41) is 11.5. The Bertz CT molecular complexity index is 1930. The quantitative estimate of drug-likeness (QED) is 0.126. The van der Waals surface area contributed by atoms with Gasteiger partial charge in [0.15, 0.2) is 11.5 Å². The third kappa shape index (κ3) is 8.23. The van der Waals surface area contributed by atoms with Crippen LogP contribution in [-0.2, 0) is 32.8 Å². The molecule has 0 aliphatic carbocycles. The molecule has 0 unspecified atom stereocenters. The molecular weight excluding hydrogens is 613 g/mol. The summed E-state index contributed by atoms with van der Waals surface area (Å²) in [7, 11) is 0. The van der Waals surface area contributed by atoms with E-state index in [1.165, 1.54) is 0 Å². The van der Waals surface area contributed by atoms with Gasteiger partial charge < -0.3 is 28.8 Å². The van der Waals surface area contributed by atoms with E-state index in [1.807, 2.05) is 152 Å². The first-order valence-corrected chi connectivity index (χ1v) is 16.5. The van der Waals surface area contributed by atoms with Crippen molar-refractivity contribution in [1.82, 2.24) is 0 Å². The summed E-state index contributed by atoms with van der Waals surface area (Å²) in [5.74, 6) is 3.05. The predicted molar refractivity (Wildman–Crippen MR) is 189 cm³/mol. The van der Waals surface area contributed by atoms with E-state index in [2.05, 4.69) is 0 Å². The van der Waals surface area contributed by atoms with Crippen LogP contribution in [0.3, 0.4) is 0 Å². The van der Waals surface area contributed by atoms with Crippen molar-refractivity contribution in [3.63, 3.8) is 0 Å². The summed E-state index contributed by atoms with van der Waals surface area (Å²) in [5.41, 5.74) is 5.76. The van der Waals surface area contributed by atoms with Gasteiger partial charge in [-0.2, -0.15) is 0 Å². The van der Waals surface area contributed by atoms with Crippen LogP contribution in [0, 0.1) is 0 Å². The van der Waals surface area contributed by atoms with Crippen LogP contribution >= 0.6 is 0 Å². The molecule has 6 aromatic rings. The zero-order valence-corrected chi connectivity index (χ0v) is 27.1. The van der Waals surface area contributed by atoms with Crippen LogP contribution in [0.2, 0.25) is 0 Å². The molecule has 0 amide bonds. The maximum Gasteiger partial charge on any atom is 0.162 e. The van der Waals surface area contributed by atoms with Crippen molar-refractivity contribution in [2.45, 2.75) is 45.1 Å². The molecule has 49 heavy (non-hydrogen) atoms. The van der Waals surface area contributed by atoms with E-state index in [1.54, 1.807) is 0 Å². The molecular formula is C43H38O6. The molecule has 1 aliphatic heterocycles. The first-order valence-electron chi connectivity index (χ1n) is 16.5. The highest BCUT2D eigenvalue weighted by Gasteiger charge is 2.33. The predicted octanol–water partition coefficient (Wildman–Crippen LogP) is 9.04. The number of hydrogen-bond acceptors (Lipinski definition) is 6. The zero-order chi connectivity index (χ0) is 33.3. The summed E-state index contributed by atoms with van der Waals surface area (Å²) in [6.07, 6.45) is -1.14. The van der Waals surface area contributed by atoms with Crippen molar-refractivity contribution >= 4 is 0 Å². The molecule has 6 aromatic carbocycles. The number of fused-ring (bicyclic) bond motifs is 1. The van der Waals surface area contributed by atoms with Crippen LogP contribution in [0.4, 0.5) is 0 Å². The van der Waals surface area contributed by atoms with Gasteiger partial charge in [-0.1, -0.05) is 127 Å². The van der Waals surface area contributed by atoms with Crippen LogP contribution in [0.25, 0.3) is 0 Å². The van der Waals surface area contributed by atoms with Crippen molar-refractivity contribution in [1.29, 1.82) is 0 Å². The van der Waals surface area contributed by atoms with Crippen molar-refractivity contribution in [2.75, 3.05) is 0 Å². The molecule has 0 fully saturated rings. The number of ether oxygens (including phenoxy) is 5. The summed E-state index contributed by atoms with van der Waals surface area (Å²) < 4.78 is 31.7. The number of rotatable bonds is 13. The molecule has 0 saturated carbocycles. The van der Waals surface area contributed by atoms with E-state index in [9.17, 15) is 5.11 Å². The van der Waals surface area contributed by atoms with Gasteiger partial charge in [-0.05, 0) is 39.9 Å². The molecule has 7 rings (SSSR count). The molecule has 2 atom stereocenters. The lowest BCUT2D eigenvalue weighted by Crippen LogP contribution is -2.30. The second-order valence-electron chi connectivity index (χ2n) is 12.0. The number of hydrogen-bond donors (Lipinski definition) is 1. The van der Waals surface area contributed by atoms with Crippen LogP contribution in [0.15, 0.2) is 152 Å². The molecule has 1 heterocycles. The number of aliphatic hydroxyl groups is 1. The van der Waals surface area contributed by atoms with Crippen molar-refractivity contribution in [3.8, 4) is 28.7 Å². The molecule has 0 radical (unpaired) electrons. The lowest BCUT2D eigenvalue weighted by atomic mass is 10.0. The van der Waals surface area contributed by atoms with Gasteiger partial charge in [-0.25, -0.2) is 0 Å². The highest BCUT2D eigenvalue weighted by molar-refractivity contribution is 5.53. The first kappa shape index (κ1) is 31.9. The van der Waals surface area contributed by atoms with Crippen molar-refractivity contribution < 1.29 is 28.8 Å². The lowest BCUT2D eigenvalue weighted by molar-refractivity contribution is 0.0192. The first-order chi connectivity index (χ1) is 24.2. The Morgan fingerprint density at radius 3 is 1.49 bits per heavy atom. The Balaban J connectivity index is 1.16. The Kier molecular flexibility index (Phi) is 10.0. The molecule has 1 aliphatic rings. The fraction of sp³-hybridized carbons (Fsp3) is 0.163. The van der Waals surface area contributed by atoms with Gasteiger partial charge in [0.05, 0.1) is 6.10 Å². The molecule has 0 bridgehead atoms. The average molecular weight is 652 g/mol. The second kappa shape index (κ2) is 15.5. The average Bonchev–Trinajstić information content (AvgIpc) is 3.16. The highest BCUT2D eigenvalue weighted by atomic mass is 16.5. The Labute approximate surface area is 287 Å². The van der Waals surface area contributed by atoms with Crippen molar-refractivity contribution in [3.05, 3.63) is 185 Å². The zero-order valence-electron chi connectivity index (χ0n) is 27.1. The molecule has 1 N–H and O–H groups in total. The van der Waals surface area contributed by atoms with Gasteiger partial charge in [-0.3, -0.25) is 0 Å². The topological polar surface area (TPSA) is 66.4 Å². The highest BCUT2D eigenvalue weighted by Crippen LogP contribution is 2.44. The Hall–Kier alpha value is -5.72. The number of aliphatic hydroxyl groups excluding tert-OH is 1. The van der Waals surface area contributed by atoms with E-state index in [0.29, 0.717) is 61.6 Å². The van der Waals surface area contributed by atoms with Crippen LogP contribution in [0.5, 0.6) is 28.7 Å². The van der Waals surface area contributed by atoms with E-state index >= 15 is 0 Å². The van der Waals surface area contributed by atoms with Gasteiger partial charge >= 0.3 is 0 Å². The van der Waals surface area contributed by atoms with Gasteiger partial charge in [0, 0.05) is 24.1 Å². The normalized spacial score (nSPS) is 15.0. The lowest BCUT2D eigenvalue weighted by Gasteiger charge is -2.32. The monoisotopic (exact) mass is 651 g/mol. The summed E-state index contributed by atoms with van der Waals surface area (Å²) >= 11 is 0.